The number of amides is 1. The smallest absolute Gasteiger partial charge is 0.251 e. The van der Waals surface area contributed by atoms with Crippen LogP contribution < -0.4 is 10.2 Å². The van der Waals surface area contributed by atoms with Crippen LogP contribution in [0.4, 0.5) is 11.6 Å². The molecule has 0 fully saturated rings. The summed E-state index contributed by atoms with van der Waals surface area (Å²) in [5, 5.41) is 15.8. The minimum absolute atomic E-state index is 0.0208. The lowest BCUT2D eigenvalue weighted by molar-refractivity contribution is -0.114. The van der Waals surface area contributed by atoms with Crippen molar-refractivity contribution in [2.24, 2.45) is 0 Å². The zero-order chi connectivity index (χ0) is 22.8. The monoisotopic (exact) mass is 456 g/mol. The quantitative estimate of drug-likeness (QED) is 0.470. The summed E-state index contributed by atoms with van der Waals surface area (Å²) in [6.07, 6.45) is 2.09. The molecule has 164 valence electrons. The van der Waals surface area contributed by atoms with Crippen molar-refractivity contribution in [1.29, 1.82) is 0 Å². The maximum Gasteiger partial charge on any atom is 0.251 e. The number of carbonyl (C=O) groups excluding carboxylic acids is 1. The Morgan fingerprint density at radius 3 is 2.48 bits per heavy atom. The van der Waals surface area contributed by atoms with Gasteiger partial charge in [0.15, 0.2) is 0 Å². The van der Waals surface area contributed by atoms with E-state index in [1.165, 1.54) is 5.56 Å². The molecular weight excluding hydrogens is 436 g/mol. The van der Waals surface area contributed by atoms with Gasteiger partial charge < -0.3 is 5.32 Å². The lowest BCUT2D eigenvalue weighted by Gasteiger charge is -2.32. The molecule has 8 heteroatoms. The Bertz CT molecular complexity index is 1320. The topological polar surface area (TPSA) is 75.9 Å². The van der Waals surface area contributed by atoms with Crippen LogP contribution in [0.25, 0.3) is 5.70 Å². The van der Waals surface area contributed by atoms with E-state index < -0.39 is 0 Å². The molecule has 2 heterocycles. The number of benzene rings is 3. The van der Waals surface area contributed by atoms with Gasteiger partial charge in [0.05, 0.1) is 16.4 Å². The molecule has 1 aliphatic rings. The zero-order valence-electron chi connectivity index (χ0n) is 17.9. The summed E-state index contributed by atoms with van der Waals surface area (Å²) in [6, 6.07) is 25.1. The molecule has 4 aromatic rings. The van der Waals surface area contributed by atoms with Gasteiger partial charge in [0, 0.05) is 0 Å². The molecule has 1 atom stereocenters. The SMILES string of the molecule is Cc1ccc(C2C=C(c3ccccc3)N(CC(=O)Nc3ccccc3Cl)c3nnnn32)cc1. The van der Waals surface area contributed by atoms with Crippen LogP contribution in [0.1, 0.15) is 22.7 Å². The van der Waals surface area contributed by atoms with Crippen LogP contribution in [0.3, 0.4) is 0 Å². The minimum atomic E-state index is -0.228. The molecule has 0 saturated carbocycles. The highest BCUT2D eigenvalue weighted by molar-refractivity contribution is 6.33. The number of para-hydroxylation sites is 1. The van der Waals surface area contributed by atoms with Gasteiger partial charge in [0.25, 0.3) is 5.95 Å². The van der Waals surface area contributed by atoms with Crippen molar-refractivity contribution in [3.63, 3.8) is 0 Å². The molecule has 33 heavy (non-hydrogen) atoms. The number of hydrogen-bond acceptors (Lipinski definition) is 5. The van der Waals surface area contributed by atoms with Crippen LogP contribution in [0.2, 0.25) is 5.02 Å². The van der Waals surface area contributed by atoms with Gasteiger partial charge in [-0.3, -0.25) is 9.69 Å². The van der Waals surface area contributed by atoms with E-state index in [4.69, 9.17) is 11.6 Å². The lowest BCUT2D eigenvalue weighted by Crippen LogP contribution is -2.37. The first-order valence-electron chi connectivity index (χ1n) is 10.5. The normalized spacial score (nSPS) is 15.0. The Morgan fingerprint density at radius 1 is 1.00 bits per heavy atom. The number of nitrogens with zero attached hydrogens (tertiary/aromatic N) is 5. The molecule has 5 rings (SSSR count). The van der Waals surface area contributed by atoms with E-state index in [2.05, 4.69) is 58.1 Å². The number of aromatic nitrogens is 4. The van der Waals surface area contributed by atoms with Crippen LogP contribution in [0.5, 0.6) is 0 Å². The summed E-state index contributed by atoms with van der Waals surface area (Å²) >= 11 is 6.22. The van der Waals surface area contributed by atoms with Gasteiger partial charge >= 0.3 is 0 Å². The first-order valence-corrected chi connectivity index (χ1v) is 10.9. The number of fused-ring (bicyclic) bond motifs is 1. The molecule has 1 unspecified atom stereocenters. The van der Waals surface area contributed by atoms with E-state index in [9.17, 15) is 4.79 Å². The third-order valence-electron chi connectivity index (χ3n) is 5.52. The molecule has 0 spiro atoms. The Balaban J connectivity index is 1.53. The molecule has 7 nitrogen and oxygen atoms in total. The Morgan fingerprint density at radius 2 is 1.73 bits per heavy atom. The van der Waals surface area contributed by atoms with Crippen molar-refractivity contribution in [2.75, 3.05) is 16.8 Å². The maximum absolute atomic E-state index is 13.0. The second-order valence-corrected chi connectivity index (χ2v) is 8.22. The summed E-state index contributed by atoms with van der Waals surface area (Å²) in [6.45, 7) is 2.07. The van der Waals surface area contributed by atoms with E-state index in [1.54, 1.807) is 16.8 Å². The van der Waals surface area contributed by atoms with Gasteiger partial charge in [-0.15, -0.1) is 0 Å². The fraction of sp³-hybridized carbons (Fsp3) is 0.120. The van der Waals surface area contributed by atoms with E-state index in [0.29, 0.717) is 16.7 Å². The summed E-state index contributed by atoms with van der Waals surface area (Å²) in [7, 11) is 0. The highest BCUT2D eigenvalue weighted by Crippen LogP contribution is 2.36. The highest BCUT2D eigenvalue weighted by atomic mass is 35.5. The second kappa shape index (κ2) is 8.88. The number of carbonyl (C=O) groups is 1. The summed E-state index contributed by atoms with van der Waals surface area (Å²) < 4.78 is 1.74. The van der Waals surface area contributed by atoms with E-state index in [-0.39, 0.29) is 18.5 Å². The lowest BCUT2D eigenvalue weighted by atomic mass is 10.00. The first kappa shape index (κ1) is 20.9. The van der Waals surface area contributed by atoms with E-state index in [1.807, 2.05) is 47.4 Å². The maximum atomic E-state index is 13.0. The van der Waals surface area contributed by atoms with Gasteiger partial charge in [0.1, 0.15) is 12.6 Å². The molecular formula is C25H21ClN6O. The number of anilines is 2. The largest absolute Gasteiger partial charge is 0.323 e. The third kappa shape index (κ3) is 4.23. The molecule has 0 radical (unpaired) electrons. The average Bonchev–Trinajstić information content (AvgIpc) is 3.32. The molecule has 0 saturated heterocycles. The fourth-order valence-corrected chi connectivity index (χ4v) is 4.06. The molecule has 0 aliphatic carbocycles. The number of tetrazole rings is 1. The zero-order valence-corrected chi connectivity index (χ0v) is 18.6. The standard InChI is InChI=1S/C25H21ClN6O/c1-17-11-13-19(14-12-17)23-15-22(18-7-3-2-4-8-18)31(25-28-29-30-32(23)25)16-24(33)27-21-10-6-5-9-20(21)26/h2-15,23H,16H2,1H3,(H,27,33). The van der Waals surface area contributed by atoms with Crippen LogP contribution in [0.15, 0.2) is 84.9 Å². The molecule has 1 N–H and O–H groups in total. The molecule has 1 aromatic heterocycles. The summed E-state index contributed by atoms with van der Waals surface area (Å²) in [5.74, 6) is 0.268. The van der Waals surface area contributed by atoms with Crippen molar-refractivity contribution in [2.45, 2.75) is 13.0 Å². The predicted octanol–water partition coefficient (Wildman–Crippen LogP) is 4.72. The van der Waals surface area contributed by atoms with Gasteiger partial charge in [-0.05, 0) is 46.7 Å². The Kier molecular flexibility index (Phi) is 5.62. The van der Waals surface area contributed by atoms with Crippen LogP contribution in [0, 0.1) is 6.92 Å². The Labute approximate surface area is 196 Å². The number of nitrogens with one attached hydrogen (secondary N) is 1. The van der Waals surface area contributed by atoms with Crippen molar-refractivity contribution >= 4 is 34.8 Å². The number of aryl methyl sites for hydroxylation is 1. The van der Waals surface area contributed by atoms with Crippen LogP contribution in [-0.4, -0.2) is 32.7 Å². The van der Waals surface area contributed by atoms with Crippen molar-refractivity contribution in [3.8, 4) is 0 Å². The molecule has 1 amide bonds. The van der Waals surface area contributed by atoms with E-state index in [0.717, 1.165) is 16.8 Å². The third-order valence-corrected chi connectivity index (χ3v) is 5.85. The number of allylic oxidation sites excluding steroid dienone is 1. The number of halogens is 1. The van der Waals surface area contributed by atoms with Gasteiger partial charge in [0.2, 0.25) is 5.91 Å². The second-order valence-electron chi connectivity index (χ2n) is 7.81. The Hall–Kier alpha value is -3.97. The minimum Gasteiger partial charge on any atom is -0.323 e. The van der Waals surface area contributed by atoms with Gasteiger partial charge in [-0.1, -0.05) is 89.0 Å². The van der Waals surface area contributed by atoms with Crippen LogP contribution >= 0.6 is 11.6 Å². The van der Waals surface area contributed by atoms with Gasteiger partial charge in [-0.25, -0.2) is 0 Å². The average molecular weight is 457 g/mol. The molecule has 3 aromatic carbocycles. The first-order chi connectivity index (χ1) is 16.1. The van der Waals surface area contributed by atoms with E-state index >= 15 is 0 Å². The predicted molar refractivity (Wildman–Crippen MR) is 129 cm³/mol. The van der Waals surface area contributed by atoms with Gasteiger partial charge in [-0.2, -0.15) is 4.68 Å². The molecule has 0 bridgehead atoms. The fourth-order valence-electron chi connectivity index (χ4n) is 3.88. The van der Waals surface area contributed by atoms with Crippen molar-refractivity contribution < 1.29 is 4.79 Å². The summed E-state index contributed by atoms with van der Waals surface area (Å²) in [4.78, 5) is 14.8. The summed E-state index contributed by atoms with van der Waals surface area (Å²) in [5.41, 5.74) is 4.62. The molecule has 1 aliphatic heterocycles. The van der Waals surface area contributed by atoms with Crippen molar-refractivity contribution in [1.82, 2.24) is 20.2 Å². The number of rotatable bonds is 5. The van der Waals surface area contributed by atoms with Crippen molar-refractivity contribution in [3.05, 3.63) is 107 Å². The number of hydrogen-bond donors (Lipinski definition) is 1. The van der Waals surface area contributed by atoms with Crippen LogP contribution in [-0.2, 0) is 4.79 Å². The highest BCUT2D eigenvalue weighted by Gasteiger charge is 2.32.